The van der Waals surface area contributed by atoms with Gasteiger partial charge < -0.3 is 15.6 Å². The molecule has 3 N–H and O–H groups in total. The van der Waals surface area contributed by atoms with Crippen molar-refractivity contribution in [1.29, 1.82) is 0 Å². The lowest BCUT2D eigenvalue weighted by Crippen LogP contribution is -2.16. The molecule has 0 radical (unpaired) electrons. The number of ether oxygens (including phenoxy) is 1. The van der Waals surface area contributed by atoms with E-state index >= 15 is 0 Å². The molecule has 15 heavy (non-hydrogen) atoms. The Morgan fingerprint density at radius 2 is 2.00 bits per heavy atom. The van der Waals surface area contributed by atoms with Crippen LogP contribution in [0.3, 0.4) is 0 Å². The van der Waals surface area contributed by atoms with Crippen LogP contribution in [0.25, 0.3) is 0 Å². The van der Waals surface area contributed by atoms with Gasteiger partial charge in [0, 0.05) is 12.6 Å². The summed E-state index contributed by atoms with van der Waals surface area (Å²) in [5.74, 6) is -4.37. The fourth-order valence-electron chi connectivity index (χ4n) is 1.22. The highest BCUT2D eigenvalue weighted by molar-refractivity contribution is 5.38. The van der Waals surface area contributed by atoms with Gasteiger partial charge in [-0.05, 0) is 0 Å². The highest BCUT2D eigenvalue weighted by Crippen LogP contribution is 2.31. The highest BCUT2D eigenvalue weighted by Gasteiger charge is 2.24. The zero-order valence-corrected chi connectivity index (χ0v) is 7.93. The molecule has 3 nitrogen and oxygen atoms in total. The largest absolute Gasteiger partial charge is 0.493 e. The molecule has 1 atom stereocenters. The Kier molecular flexibility index (Phi) is 3.54. The van der Waals surface area contributed by atoms with E-state index < -0.39 is 34.9 Å². The zero-order valence-electron chi connectivity index (χ0n) is 7.93. The number of hydrogen-bond donors (Lipinski definition) is 2. The number of aliphatic hydroxyl groups is 1. The molecule has 1 aromatic carbocycles. The minimum absolute atomic E-state index is 0.348. The van der Waals surface area contributed by atoms with Crippen LogP contribution in [0.2, 0.25) is 0 Å². The second-order valence-electron chi connectivity index (χ2n) is 2.85. The average molecular weight is 221 g/mol. The van der Waals surface area contributed by atoms with Crippen LogP contribution in [-0.4, -0.2) is 18.8 Å². The molecule has 6 heteroatoms. The Morgan fingerprint density at radius 3 is 2.47 bits per heavy atom. The van der Waals surface area contributed by atoms with E-state index in [1.165, 1.54) is 0 Å². The van der Waals surface area contributed by atoms with Crippen LogP contribution in [0.1, 0.15) is 11.7 Å². The molecule has 0 saturated carbocycles. The van der Waals surface area contributed by atoms with E-state index in [2.05, 4.69) is 4.74 Å². The van der Waals surface area contributed by atoms with Crippen LogP contribution in [0.5, 0.6) is 5.75 Å². The van der Waals surface area contributed by atoms with Crippen molar-refractivity contribution >= 4 is 0 Å². The molecule has 84 valence electrons. The monoisotopic (exact) mass is 221 g/mol. The molecule has 1 unspecified atom stereocenters. The molecule has 0 aliphatic carbocycles. The third-order valence-electron chi connectivity index (χ3n) is 1.92. The van der Waals surface area contributed by atoms with Crippen molar-refractivity contribution < 1.29 is 23.0 Å². The molecule has 1 aromatic rings. The van der Waals surface area contributed by atoms with Crippen LogP contribution >= 0.6 is 0 Å². The van der Waals surface area contributed by atoms with E-state index in [-0.39, 0.29) is 6.54 Å². The van der Waals surface area contributed by atoms with Crippen LogP contribution in [0, 0.1) is 17.5 Å². The molecule has 0 aliphatic heterocycles. The summed E-state index contributed by atoms with van der Waals surface area (Å²) in [7, 11) is 1.09. The van der Waals surface area contributed by atoms with E-state index in [4.69, 9.17) is 5.73 Å². The number of aliphatic hydroxyl groups excluding tert-OH is 1. The third-order valence-corrected chi connectivity index (χ3v) is 1.92. The SMILES string of the molecule is COc1c(F)cc(F)c(F)c1C(O)CN. The van der Waals surface area contributed by atoms with Crippen LogP contribution in [-0.2, 0) is 0 Å². The summed E-state index contributed by atoms with van der Waals surface area (Å²) in [5, 5.41) is 9.29. The molecule has 0 saturated heterocycles. The number of rotatable bonds is 3. The Morgan fingerprint density at radius 1 is 1.40 bits per heavy atom. The first-order valence-corrected chi connectivity index (χ1v) is 4.12. The Bertz CT molecular complexity index is 371. The number of nitrogens with two attached hydrogens (primary N) is 1. The van der Waals surface area contributed by atoms with E-state index in [0.29, 0.717) is 6.07 Å². The fraction of sp³-hybridized carbons (Fsp3) is 0.333. The Balaban J connectivity index is 3.43. The van der Waals surface area contributed by atoms with Crippen molar-refractivity contribution in [3.63, 3.8) is 0 Å². The average Bonchev–Trinajstić information content (AvgIpc) is 2.21. The van der Waals surface area contributed by atoms with E-state index in [9.17, 15) is 18.3 Å². The quantitative estimate of drug-likeness (QED) is 0.751. The van der Waals surface area contributed by atoms with Gasteiger partial charge in [-0.1, -0.05) is 0 Å². The zero-order chi connectivity index (χ0) is 11.6. The van der Waals surface area contributed by atoms with Crippen molar-refractivity contribution in [2.45, 2.75) is 6.10 Å². The molecule has 0 aromatic heterocycles. The van der Waals surface area contributed by atoms with E-state index in [0.717, 1.165) is 7.11 Å². The van der Waals surface area contributed by atoms with E-state index in [1.54, 1.807) is 0 Å². The topological polar surface area (TPSA) is 55.5 Å². The van der Waals surface area contributed by atoms with Crippen molar-refractivity contribution in [3.05, 3.63) is 29.1 Å². The van der Waals surface area contributed by atoms with Gasteiger partial charge in [0.2, 0.25) is 0 Å². The minimum atomic E-state index is -1.51. The molecule has 0 amide bonds. The third kappa shape index (κ3) is 2.05. The van der Waals surface area contributed by atoms with Gasteiger partial charge in [0.05, 0.1) is 18.8 Å². The van der Waals surface area contributed by atoms with Gasteiger partial charge in [-0.25, -0.2) is 13.2 Å². The van der Waals surface area contributed by atoms with Gasteiger partial charge in [0.1, 0.15) is 0 Å². The number of methoxy groups -OCH3 is 1. The maximum Gasteiger partial charge on any atom is 0.168 e. The van der Waals surface area contributed by atoms with Gasteiger partial charge in [-0.2, -0.15) is 0 Å². The van der Waals surface area contributed by atoms with Crippen LogP contribution in [0.4, 0.5) is 13.2 Å². The summed E-state index contributed by atoms with van der Waals surface area (Å²) >= 11 is 0. The summed E-state index contributed by atoms with van der Waals surface area (Å²) in [6.45, 7) is -0.365. The standard InChI is InChI=1S/C9H10F3NO2/c1-15-9-5(11)2-4(10)8(12)7(9)6(14)3-13/h2,6,14H,3,13H2,1H3. The normalized spacial score (nSPS) is 12.7. The lowest BCUT2D eigenvalue weighted by atomic mass is 10.1. The predicted molar refractivity (Wildman–Crippen MR) is 46.9 cm³/mol. The molecular weight excluding hydrogens is 211 g/mol. The summed E-state index contributed by atoms with van der Waals surface area (Å²) in [5.41, 5.74) is 4.48. The smallest absolute Gasteiger partial charge is 0.168 e. The van der Waals surface area contributed by atoms with Crippen molar-refractivity contribution in [2.24, 2.45) is 5.73 Å². The summed E-state index contributed by atoms with van der Waals surface area (Å²) < 4.78 is 43.7. The summed E-state index contributed by atoms with van der Waals surface area (Å²) in [4.78, 5) is 0. The van der Waals surface area contributed by atoms with Crippen LogP contribution < -0.4 is 10.5 Å². The Hall–Kier alpha value is -1.27. The first-order chi connectivity index (χ1) is 7.02. The van der Waals surface area contributed by atoms with Crippen molar-refractivity contribution in [1.82, 2.24) is 0 Å². The molecule has 0 fully saturated rings. The first kappa shape index (κ1) is 11.8. The van der Waals surface area contributed by atoms with Crippen molar-refractivity contribution in [2.75, 3.05) is 13.7 Å². The van der Waals surface area contributed by atoms with Gasteiger partial charge in [0.15, 0.2) is 23.2 Å². The number of hydrogen-bond acceptors (Lipinski definition) is 3. The lowest BCUT2D eigenvalue weighted by molar-refractivity contribution is 0.173. The van der Waals surface area contributed by atoms with Crippen LogP contribution in [0.15, 0.2) is 6.07 Å². The second kappa shape index (κ2) is 4.50. The van der Waals surface area contributed by atoms with Gasteiger partial charge in [0.25, 0.3) is 0 Å². The molecule has 0 spiro atoms. The van der Waals surface area contributed by atoms with Gasteiger partial charge in [-0.15, -0.1) is 0 Å². The number of benzene rings is 1. The fourth-order valence-corrected chi connectivity index (χ4v) is 1.22. The lowest BCUT2D eigenvalue weighted by Gasteiger charge is -2.14. The second-order valence-corrected chi connectivity index (χ2v) is 2.85. The molecule has 1 rings (SSSR count). The summed E-state index contributed by atoms with van der Waals surface area (Å²) in [6.07, 6.45) is -1.51. The first-order valence-electron chi connectivity index (χ1n) is 4.12. The molecule has 0 heterocycles. The molecule has 0 bridgehead atoms. The van der Waals surface area contributed by atoms with Crippen molar-refractivity contribution in [3.8, 4) is 5.75 Å². The number of halogens is 3. The highest BCUT2D eigenvalue weighted by atomic mass is 19.2. The maximum absolute atomic E-state index is 13.2. The summed E-state index contributed by atoms with van der Waals surface area (Å²) in [6, 6.07) is 0.348. The van der Waals surface area contributed by atoms with Gasteiger partial charge in [-0.3, -0.25) is 0 Å². The Labute approximate surface area is 84.3 Å². The predicted octanol–water partition coefficient (Wildman–Crippen LogP) is 1.10. The minimum Gasteiger partial charge on any atom is -0.493 e. The molecule has 0 aliphatic rings. The maximum atomic E-state index is 13.2. The molecular formula is C9H10F3NO2. The van der Waals surface area contributed by atoms with E-state index in [1.807, 2.05) is 0 Å². The van der Waals surface area contributed by atoms with Gasteiger partial charge >= 0.3 is 0 Å².